The molecule has 0 radical (unpaired) electrons. The minimum Gasteiger partial charge on any atom is -0.377 e. The molecule has 2 aliphatic rings. The zero-order valence-electron chi connectivity index (χ0n) is 14.1. The highest BCUT2D eigenvalue weighted by atomic mass is 16.5. The van der Waals surface area contributed by atoms with Gasteiger partial charge in [0.1, 0.15) is 0 Å². The van der Waals surface area contributed by atoms with Gasteiger partial charge >= 0.3 is 6.03 Å². The minimum atomic E-state index is -0.000115. The lowest BCUT2D eigenvalue weighted by atomic mass is 10.1. The SMILES string of the molecule is C[C@@H]1COCCN1C(=O)N[C@H](C)c1cccc(N2CCCC2)c1. The van der Waals surface area contributed by atoms with E-state index in [0.717, 1.165) is 18.7 Å². The molecule has 2 aliphatic heterocycles. The summed E-state index contributed by atoms with van der Waals surface area (Å²) in [6.45, 7) is 8.24. The highest BCUT2D eigenvalue weighted by molar-refractivity contribution is 5.75. The number of hydrogen-bond donors (Lipinski definition) is 1. The molecule has 0 saturated carbocycles. The number of benzene rings is 1. The van der Waals surface area contributed by atoms with E-state index in [1.165, 1.54) is 18.5 Å². The minimum absolute atomic E-state index is 0.0000907. The average Bonchev–Trinajstić information content (AvgIpc) is 3.10. The maximum atomic E-state index is 12.5. The van der Waals surface area contributed by atoms with Crippen LogP contribution in [0.4, 0.5) is 10.5 Å². The van der Waals surface area contributed by atoms with Crippen molar-refractivity contribution in [1.82, 2.24) is 10.2 Å². The molecule has 1 aromatic rings. The Bertz CT molecular complexity index is 543. The fraction of sp³-hybridized carbons (Fsp3) is 0.611. The molecule has 1 N–H and O–H groups in total. The lowest BCUT2D eigenvalue weighted by Crippen LogP contribution is -2.51. The van der Waals surface area contributed by atoms with E-state index < -0.39 is 0 Å². The molecule has 0 spiro atoms. The van der Waals surface area contributed by atoms with Crippen molar-refractivity contribution in [2.45, 2.75) is 38.8 Å². The van der Waals surface area contributed by atoms with E-state index in [1.54, 1.807) is 0 Å². The number of morpholine rings is 1. The number of nitrogens with zero attached hydrogens (tertiary/aromatic N) is 2. The Kier molecular flexibility index (Phi) is 5.06. The molecule has 2 amide bonds. The van der Waals surface area contributed by atoms with Gasteiger partial charge in [-0.3, -0.25) is 0 Å². The van der Waals surface area contributed by atoms with Crippen LogP contribution >= 0.6 is 0 Å². The molecule has 0 unspecified atom stereocenters. The largest absolute Gasteiger partial charge is 0.377 e. The van der Waals surface area contributed by atoms with Gasteiger partial charge in [0.15, 0.2) is 0 Å². The van der Waals surface area contributed by atoms with Gasteiger partial charge in [0.2, 0.25) is 0 Å². The van der Waals surface area contributed by atoms with Gasteiger partial charge in [0.25, 0.3) is 0 Å². The Morgan fingerprint density at radius 3 is 2.83 bits per heavy atom. The van der Waals surface area contributed by atoms with E-state index in [-0.39, 0.29) is 18.1 Å². The van der Waals surface area contributed by atoms with Crippen molar-refractivity contribution in [2.24, 2.45) is 0 Å². The molecule has 3 rings (SSSR count). The highest BCUT2D eigenvalue weighted by Crippen LogP contribution is 2.24. The molecule has 2 saturated heterocycles. The maximum absolute atomic E-state index is 12.5. The summed E-state index contributed by atoms with van der Waals surface area (Å²) in [5.41, 5.74) is 2.42. The second kappa shape index (κ2) is 7.21. The van der Waals surface area contributed by atoms with Crippen LogP contribution in [0.15, 0.2) is 24.3 Å². The van der Waals surface area contributed by atoms with Gasteiger partial charge < -0.3 is 19.9 Å². The van der Waals surface area contributed by atoms with Crippen molar-refractivity contribution in [3.8, 4) is 0 Å². The summed E-state index contributed by atoms with van der Waals surface area (Å²) in [6, 6.07) is 8.68. The number of nitrogens with one attached hydrogen (secondary N) is 1. The van der Waals surface area contributed by atoms with Crippen molar-refractivity contribution in [3.63, 3.8) is 0 Å². The number of carbonyl (C=O) groups excluding carboxylic acids is 1. The lowest BCUT2D eigenvalue weighted by Gasteiger charge is -2.34. The van der Waals surface area contributed by atoms with Gasteiger partial charge in [0, 0.05) is 25.3 Å². The summed E-state index contributed by atoms with van der Waals surface area (Å²) in [6.07, 6.45) is 2.54. The van der Waals surface area contributed by atoms with Crippen LogP contribution < -0.4 is 10.2 Å². The molecule has 0 bridgehead atoms. The quantitative estimate of drug-likeness (QED) is 0.932. The third-order valence-electron chi connectivity index (χ3n) is 4.81. The van der Waals surface area contributed by atoms with Gasteiger partial charge in [-0.1, -0.05) is 12.1 Å². The third kappa shape index (κ3) is 3.78. The normalized spacial score (nSPS) is 23.0. The van der Waals surface area contributed by atoms with Crippen LogP contribution in [0.1, 0.15) is 38.3 Å². The molecule has 5 heteroatoms. The van der Waals surface area contributed by atoms with Crippen molar-refractivity contribution in [3.05, 3.63) is 29.8 Å². The maximum Gasteiger partial charge on any atom is 0.318 e. The van der Waals surface area contributed by atoms with Gasteiger partial charge in [-0.2, -0.15) is 0 Å². The van der Waals surface area contributed by atoms with E-state index >= 15 is 0 Å². The van der Waals surface area contributed by atoms with Crippen LogP contribution in [0.3, 0.4) is 0 Å². The summed E-state index contributed by atoms with van der Waals surface area (Å²) in [5.74, 6) is 0. The van der Waals surface area contributed by atoms with E-state index in [2.05, 4.69) is 34.5 Å². The molecule has 23 heavy (non-hydrogen) atoms. The van der Waals surface area contributed by atoms with Crippen molar-refractivity contribution >= 4 is 11.7 Å². The molecule has 0 aliphatic carbocycles. The first-order valence-corrected chi connectivity index (χ1v) is 8.65. The summed E-state index contributed by atoms with van der Waals surface area (Å²) < 4.78 is 5.40. The van der Waals surface area contributed by atoms with E-state index in [0.29, 0.717) is 19.8 Å². The summed E-state index contributed by atoms with van der Waals surface area (Å²) in [4.78, 5) is 16.8. The van der Waals surface area contributed by atoms with Gasteiger partial charge in [-0.05, 0) is 44.4 Å². The van der Waals surface area contributed by atoms with Crippen LogP contribution in [0.25, 0.3) is 0 Å². The van der Waals surface area contributed by atoms with Crippen molar-refractivity contribution in [1.29, 1.82) is 0 Å². The zero-order valence-corrected chi connectivity index (χ0v) is 14.1. The molecule has 1 aromatic carbocycles. The molecule has 2 fully saturated rings. The average molecular weight is 317 g/mol. The first kappa shape index (κ1) is 16.1. The Hall–Kier alpha value is -1.75. The number of amides is 2. The Labute approximate surface area is 138 Å². The van der Waals surface area contributed by atoms with Crippen LogP contribution in [-0.4, -0.2) is 49.8 Å². The lowest BCUT2D eigenvalue weighted by molar-refractivity contribution is 0.0185. The summed E-state index contributed by atoms with van der Waals surface area (Å²) in [5, 5.41) is 3.13. The fourth-order valence-corrected chi connectivity index (χ4v) is 3.35. The van der Waals surface area contributed by atoms with Crippen LogP contribution in [0, 0.1) is 0 Å². The van der Waals surface area contributed by atoms with Crippen molar-refractivity contribution in [2.75, 3.05) is 37.7 Å². The second-order valence-corrected chi connectivity index (χ2v) is 6.58. The first-order chi connectivity index (χ1) is 11.1. The van der Waals surface area contributed by atoms with Crippen molar-refractivity contribution < 1.29 is 9.53 Å². The van der Waals surface area contributed by atoms with Crippen LogP contribution in [0.5, 0.6) is 0 Å². The number of hydrogen-bond acceptors (Lipinski definition) is 3. The Balaban J connectivity index is 1.64. The van der Waals surface area contributed by atoms with Gasteiger partial charge in [-0.15, -0.1) is 0 Å². The Morgan fingerprint density at radius 1 is 1.30 bits per heavy atom. The number of carbonyl (C=O) groups is 1. The van der Waals surface area contributed by atoms with E-state index in [4.69, 9.17) is 4.74 Å². The molecule has 2 atom stereocenters. The van der Waals surface area contributed by atoms with E-state index in [1.807, 2.05) is 18.7 Å². The highest BCUT2D eigenvalue weighted by Gasteiger charge is 2.25. The number of ether oxygens (including phenoxy) is 1. The second-order valence-electron chi connectivity index (χ2n) is 6.58. The van der Waals surface area contributed by atoms with Crippen LogP contribution in [0.2, 0.25) is 0 Å². The smallest absolute Gasteiger partial charge is 0.318 e. The molecule has 0 aromatic heterocycles. The number of urea groups is 1. The number of rotatable bonds is 3. The fourth-order valence-electron chi connectivity index (χ4n) is 3.35. The standard InChI is InChI=1S/C18H27N3O2/c1-14-13-23-11-10-21(14)18(22)19-15(2)16-6-5-7-17(12-16)20-8-3-4-9-20/h5-7,12,14-15H,3-4,8-11,13H2,1-2H3,(H,19,22)/t14-,15-/m1/s1. The zero-order chi connectivity index (χ0) is 16.2. The Morgan fingerprint density at radius 2 is 2.09 bits per heavy atom. The summed E-state index contributed by atoms with van der Waals surface area (Å²) in [7, 11) is 0. The van der Waals surface area contributed by atoms with Gasteiger partial charge in [-0.25, -0.2) is 4.79 Å². The molecular formula is C18H27N3O2. The van der Waals surface area contributed by atoms with Crippen LogP contribution in [-0.2, 0) is 4.74 Å². The van der Waals surface area contributed by atoms with Gasteiger partial charge in [0.05, 0.1) is 25.3 Å². The summed E-state index contributed by atoms with van der Waals surface area (Å²) >= 11 is 0. The molecule has 126 valence electrons. The molecule has 5 nitrogen and oxygen atoms in total. The third-order valence-corrected chi connectivity index (χ3v) is 4.81. The first-order valence-electron chi connectivity index (χ1n) is 8.65. The van der Waals surface area contributed by atoms with E-state index in [9.17, 15) is 4.79 Å². The predicted octanol–water partition coefficient (Wildman–Crippen LogP) is 2.78. The molecule has 2 heterocycles. The predicted molar refractivity (Wildman–Crippen MR) is 91.8 cm³/mol. The monoisotopic (exact) mass is 317 g/mol. The number of anilines is 1. The molecular weight excluding hydrogens is 290 g/mol. The topological polar surface area (TPSA) is 44.8 Å².